The van der Waals surface area contributed by atoms with Crippen LogP contribution in [-0.4, -0.2) is 19.1 Å². The summed E-state index contributed by atoms with van der Waals surface area (Å²) in [4.78, 5) is 11.7. The van der Waals surface area contributed by atoms with E-state index in [1.54, 1.807) is 19.1 Å². The van der Waals surface area contributed by atoms with Gasteiger partial charge in [-0.3, -0.25) is 0 Å². The predicted molar refractivity (Wildman–Crippen MR) is 75.7 cm³/mol. The zero-order valence-electron chi connectivity index (χ0n) is 11.3. The molecule has 0 unspecified atom stereocenters. The van der Waals surface area contributed by atoms with Crippen LogP contribution in [0.5, 0.6) is 0 Å². The van der Waals surface area contributed by atoms with Gasteiger partial charge in [0, 0.05) is 12.7 Å². The van der Waals surface area contributed by atoms with Crippen molar-refractivity contribution in [2.45, 2.75) is 13.3 Å². The van der Waals surface area contributed by atoms with Crippen molar-refractivity contribution < 1.29 is 9.53 Å². The van der Waals surface area contributed by atoms with E-state index in [0.29, 0.717) is 30.7 Å². The molecule has 0 radical (unpaired) electrons. The van der Waals surface area contributed by atoms with Crippen LogP contribution in [-0.2, 0) is 16.0 Å². The molecule has 20 heavy (non-hydrogen) atoms. The SMILES string of the molecule is CCOC(=O)C1=CC(Cc2ccc(C#N)cc2)=CNC1. The number of carbonyl (C=O) groups excluding carboxylic acids is 1. The van der Waals surface area contributed by atoms with Crippen LogP contribution in [0.1, 0.15) is 18.1 Å². The molecule has 1 aliphatic heterocycles. The first-order valence-corrected chi connectivity index (χ1v) is 6.52. The fraction of sp³-hybridized carbons (Fsp3) is 0.250. The third kappa shape index (κ3) is 3.48. The summed E-state index contributed by atoms with van der Waals surface area (Å²) in [5.74, 6) is -0.273. The highest BCUT2D eigenvalue weighted by molar-refractivity contribution is 5.89. The topological polar surface area (TPSA) is 62.1 Å². The average molecular weight is 268 g/mol. The standard InChI is InChI=1S/C16H16N2O2/c1-2-20-16(19)15-8-14(10-18-11-15)7-12-3-5-13(9-17)6-4-12/h3-6,8,10,18H,2,7,11H2,1H3. The molecule has 1 N–H and O–H groups in total. The van der Waals surface area contributed by atoms with Gasteiger partial charge in [0.15, 0.2) is 0 Å². The number of hydrogen-bond acceptors (Lipinski definition) is 4. The van der Waals surface area contributed by atoms with Crippen molar-refractivity contribution in [2.24, 2.45) is 0 Å². The van der Waals surface area contributed by atoms with Crippen LogP contribution in [0, 0.1) is 11.3 Å². The Morgan fingerprint density at radius 3 is 2.80 bits per heavy atom. The van der Waals surface area contributed by atoms with E-state index in [4.69, 9.17) is 10.00 Å². The molecular formula is C16H16N2O2. The summed E-state index contributed by atoms with van der Waals surface area (Å²) in [7, 11) is 0. The lowest BCUT2D eigenvalue weighted by molar-refractivity contribution is -0.138. The number of benzene rings is 1. The van der Waals surface area contributed by atoms with Crippen molar-refractivity contribution in [1.82, 2.24) is 5.32 Å². The van der Waals surface area contributed by atoms with Crippen molar-refractivity contribution in [3.05, 3.63) is 58.8 Å². The summed E-state index contributed by atoms with van der Waals surface area (Å²) in [6.07, 6.45) is 4.48. The molecule has 1 aromatic carbocycles. The number of hydrogen-bond donors (Lipinski definition) is 1. The van der Waals surface area contributed by atoms with Gasteiger partial charge in [-0.15, -0.1) is 0 Å². The van der Waals surface area contributed by atoms with Gasteiger partial charge in [-0.1, -0.05) is 12.1 Å². The molecule has 0 fully saturated rings. The summed E-state index contributed by atoms with van der Waals surface area (Å²) >= 11 is 0. The maximum absolute atomic E-state index is 11.7. The Kier molecular flexibility index (Phi) is 4.56. The van der Waals surface area contributed by atoms with Gasteiger partial charge in [-0.2, -0.15) is 5.26 Å². The highest BCUT2D eigenvalue weighted by Gasteiger charge is 2.14. The Bertz CT molecular complexity index is 592. The number of allylic oxidation sites excluding steroid dienone is 2. The zero-order valence-corrected chi connectivity index (χ0v) is 11.3. The minimum atomic E-state index is -0.273. The fourth-order valence-electron chi connectivity index (χ4n) is 2.00. The van der Waals surface area contributed by atoms with E-state index >= 15 is 0 Å². The summed E-state index contributed by atoms with van der Waals surface area (Å²) in [6, 6.07) is 9.53. The first-order valence-electron chi connectivity index (χ1n) is 6.52. The maximum Gasteiger partial charge on any atom is 0.335 e. The predicted octanol–water partition coefficient (Wildman–Crippen LogP) is 2.08. The third-order valence-corrected chi connectivity index (χ3v) is 2.97. The second-order valence-corrected chi connectivity index (χ2v) is 4.48. The van der Waals surface area contributed by atoms with Gasteiger partial charge in [0.25, 0.3) is 0 Å². The van der Waals surface area contributed by atoms with Crippen molar-refractivity contribution in [1.29, 1.82) is 5.26 Å². The second-order valence-electron chi connectivity index (χ2n) is 4.48. The number of ether oxygens (including phenoxy) is 1. The molecule has 0 spiro atoms. The molecule has 0 aromatic heterocycles. The molecule has 0 aliphatic carbocycles. The smallest absolute Gasteiger partial charge is 0.335 e. The second kappa shape index (κ2) is 6.58. The molecule has 0 atom stereocenters. The molecule has 102 valence electrons. The van der Waals surface area contributed by atoms with Crippen LogP contribution < -0.4 is 5.32 Å². The minimum Gasteiger partial charge on any atom is -0.463 e. The van der Waals surface area contributed by atoms with E-state index in [1.807, 2.05) is 24.4 Å². The first-order chi connectivity index (χ1) is 9.72. The number of esters is 1. The number of nitriles is 1. The summed E-state index contributed by atoms with van der Waals surface area (Å²) in [5, 5.41) is 11.8. The molecule has 0 amide bonds. The molecule has 4 heteroatoms. The highest BCUT2D eigenvalue weighted by atomic mass is 16.5. The highest BCUT2D eigenvalue weighted by Crippen LogP contribution is 2.15. The van der Waals surface area contributed by atoms with E-state index in [2.05, 4.69) is 11.4 Å². The van der Waals surface area contributed by atoms with Gasteiger partial charge in [0.05, 0.1) is 23.8 Å². The molecule has 1 aromatic rings. The molecule has 2 rings (SSSR count). The van der Waals surface area contributed by atoms with E-state index in [-0.39, 0.29) is 5.97 Å². The van der Waals surface area contributed by atoms with Crippen LogP contribution in [0.15, 0.2) is 47.7 Å². The van der Waals surface area contributed by atoms with Gasteiger partial charge in [0.2, 0.25) is 0 Å². The van der Waals surface area contributed by atoms with Gasteiger partial charge in [-0.05, 0) is 42.7 Å². The Morgan fingerprint density at radius 2 is 2.15 bits per heavy atom. The van der Waals surface area contributed by atoms with Gasteiger partial charge in [0.1, 0.15) is 0 Å². The number of nitrogens with one attached hydrogen (secondary N) is 1. The number of carbonyl (C=O) groups is 1. The van der Waals surface area contributed by atoms with Crippen LogP contribution in [0.4, 0.5) is 0 Å². The summed E-state index contributed by atoms with van der Waals surface area (Å²) in [6.45, 7) is 2.67. The Balaban J connectivity index is 2.07. The monoisotopic (exact) mass is 268 g/mol. The van der Waals surface area contributed by atoms with Crippen molar-refractivity contribution in [3.8, 4) is 6.07 Å². The molecule has 1 aliphatic rings. The number of dihydropyridines is 1. The van der Waals surface area contributed by atoms with Gasteiger partial charge >= 0.3 is 5.97 Å². The fourth-order valence-corrected chi connectivity index (χ4v) is 2.00. The molecular weight excluding hydrogens is 252 g/mol. The molecule has 4 nitrogen and oxygen atoms in total. The molecule has 0 saturated heterocycles. The van der Waals surface area contributed by atoms with E-state index in [9.17, 15) is 4.79 Å². The lowest BCUT2D eigenvalue weighted by Gasteiger charge is -2.14. The summed E-state index contributed by atoms with van der Waals surface area (Å²) in [5.41, 5.74) is 3.40. The van der Waals surface area contributed by atoms with E-state index in [0.717, 1.165) is 11.1 Å². The quantitative estimate of drug-likeness (QED) is 0.849. The Labute approximate surface area is 118 Å². The Morgan fingerprint density at radius 1 is 1.40 bits per heavy atom. The van der Waals surface area contributed by atoms with Crippen molar-refractivity contribution in [3.63, 3.8) is 0 Å². The van der Waals surface area contributed by atoms with Crippen LogP contribution in [0.25, 0.3) is 0 Å². The van der Waals surface area contributed by atoms with E-state index < -0.39 is 0 Å². The molecule has 0 saturated carbocycles. The summed E-state index contributed by atoms with van der Waals surface area (Å²) < 4.78 is 5.00. The average Bonchev–Trinajstić information content (AvgIpc) is 2.48. The Hall–Kier alpha value is -2.54. The molecule has 0 bridgehead atoms. The first kappa shape index (κ1) is 13.9. The lowest BCUT2D eigenvalue weighted by Crippen LogP contribution is -2.22. The third-order valence-electron chi connectivity index (χ3n) is 2.97. The van der Waals surface area contributed by atoms with Crippen LogP contribution >= 0.6 is 0 Å². The lowest BCUT2D eigenvalue weighted by atomic mass is 10.0. The molecule has 1 heterocycles. The normalized spacial score (nSPS) is 13.6. The zero-order chi connectivity index (χ0) is 14.4. The van der Waals surface area contributed by atoms with Crippen LogP contribution in [0.3, 0.4) is 0 Å². The number of rotatable bonds is 4. The van der Waals surface area contributed by atoms with Crippen LogP contribution in [0.2, 0.25) is 0 Å². The minimum absolute atomic E-state index is 0.273. The van der Waals surface area contributed by atoms with Crippen molar-refractivity contribution in [2.75, 3.05) is 13.2 Å². The van der Waals surface area contributed by atoms with E-state index in [1.165, 1.54) is 0 Å². The largest absolute Gasteiger partial charge is 0.463 e. The van der Waals surface area contributed by atoms with Crippen molar-refractivity contribution >= 4 is 5.97 Å². The maximum atomic E-state index is 11.7. The number of nitrogens with zero attached hydrogens (tertiary/aromatic N) is 1. The van der Waals surface area contributed by atoms with Gasteiger partial charge < -0.3 is 10.1 Å². The van der Waals surface area contributed by atoms with Gasteiger partial charge in [-0.25, -0.2) is 4.79 Å².